The Balaban J connectivity index is 0.00000384. The second kappa shape index (κ2) is 11.3. The zero-order chi connectivity index (χ0) is 30.4. The molecule has 1 amide bonds. The largest absolute Gasteiger partial charge is 0.406 e. The fourth-order valence-corrected chi connectivity index (χ4v) is 5.76. The summed E-state index contributed by atoms with van der Waals surface area (Å²) in [6.45, 7) is 1.45. The second-order valence-electron chi connectivity index (χ2n) is 11.6. The van der Waals surface area contributed by atoms with Gasteiger partial charge in [0.2, 0.25) is 11.7 Å². The molecule has 15 heteroatoms. The number of aromatic nitrogens is 4. The van der Waals surface area contributed by atoms with E-state index >= 15 is 4.39 Å². The molecule has 3 N–H and O–H groups in total. The molecule has 245 valence electrons. The number of carbonyl (C=O) groups excluding carboxylic acids is 1. The third-order valence-corrected chi connectivity index (χ3v) is 8.26. The maximum Gasteiger partial charge on any atom is 0.406 e. The van der Waals surface area contributed by atoms with Gasteiger partial charge in [0.25, 0.3) is 5.91 Å². The summed E-state index contributed by atoms with van der Waals surface area (Å²) in [6, 6.07) is 7.64. The third kappa shape index (κ3) is 5.95. The summed E-state index contributed by atoms with van der Waals surface area (Å²) in [7, 11) is 1.64. The topological polar surface area (TPSA) is 111 Å². The van der Waals surface area contributed by atoms with Gasteiger partial charge in [0.05, 0.1) is 41.5 Å². The smallest absolute Gasteiger partial charge is 0.382 e. The molecular weight excluding hydrogens is 832 g/mol. The van der Waals surface area contributed by atoms with E-state index < -0.39 is 24.4 Å². The minimum Gasteiger partial charge on any atom is -0.382 e. The number of amides is 1. The van der Waals surface area contributed by atoms with E-state index in [2.05, 4.69) is 26.1 Å². The molecule has 6 rings (SSSR count). The molecule has 1 aliphatic heterocycles. The molecule has 1 saturated carbocycles. The van der Waals surface area contributed by atoms with Gasteiger partial charge in [-0.05, 0) is 57.0 Å². The average molecular weight is 866 g/mol. The van der Waals surface area contributed by atoms with Gasteiger partial charge in [-0.25, -0.2) is 4.39 Å². The zero-order valence-corrected chi connectivity index (χ0v) is 26.2. The summed E-state index contributed by atoms with van der Waals surface area (Å²) in [6.07, 6.45) is 1.52. The summed E-state index contributed by atoms with van der Waals surface area (Å²) in [4.78, 5) is 17.1. The van der Waals surface area contributed by atoms with Gasteiger partial charge in [-0.1, -0.05) is 11.2 Å². The number of benzene rings is 1. The Hall–Kier alpha value is -4.91. The van der Waals surface area contributed by atoms with Crippen LogP contribution in [0.2, 0.25) is 0 Å². The van der Waals surface area contributed by atoms with Crippen LogP contribution in [0.15, 0.2) is 47.2 Å². The predicted octanol–water partition coefficient (Wildman–Crippen LogP) is 4.62. The molecule has 0 bridgehead atoms. The molecule has 1 aliphatic carbocycles. The van der Waals surface area contributed by atoms with Crippen molar-refractivity contribution in [3.63, 3.8) is 0 Å². The zero-order valence-electron chi connectivity index (χ0n) is 24.1. The Morgan fingerprint density at radius 2 is 2.07 bits per heavy atom. The van der Waals surface area contributed by atoms with Crippen LogP contribution in [0.3, 0.4) is 0 Å². The number of ether oxygens (including phenoxy) is 1. The van der Waals surface area contributed by atoms with Crippen LogP contribution >= 0.6 is 0 Å². The van der Waals surface area contributed by atoms with E-state index in [1.165, 1.54) is 6.92 Å². The molecular formula is C29H33F4LrN7O3. The second-order valence-corrected chi connectivity index (χ2v) is 11.6. The number of carbonyl (C=O) groups is 1. The van der Waals surface area contributed by atoms with Gasteiger partial charge < -0.3 is 34.3 Å². The first kappa shape index (κ1) is 30.5. The van der Waals surface area contributed by atoms with Crippen LogP contribution < -0.4 is 16.0 Å². The normalized spacial score (nSPS) is 21.2. The summed E-state index contributed by atoms with van der Waals surface area (Å²) in [5.41, 5.74) is -0.323. The molecule has 1 saturated heterocycles. The number of alkyl halides is 4. The molecule has 2 atom stereocenters. The predicted molar refractivity (Wildman–Crippen MR) is 150 cm³/mol. The Morgan fingerprint density at radius 3 is 2.77 bits per heavy atom. The molecule has 10 nitrogen and oxygen atoms in total. The van der Waals surface area contributed by atoms with Crippen molar-refractivity contribution in [2.45, 2.75) is 62.7 Å². The van der Waals surface area contributed by atoms with Crippen molar-refractivity contribution >= 4 is 22.5 Å². The Kier molecular flexibility index (Phi) is 7.85. The molecule has 2 aliphatic rings. The number of nitrogens with one attached hydrogen (secondary N) is 3. The number of hydrogen-bond donors (Lipinski definition) is 3. The van der Waals surface area contributed by atoms with Crippen LogP contribution in [0.5, 0.6) is 0 Å². The van der Waals surface area contributed by atoms with E-state index in [1.807, 2.05) is 10.8 Å². The van der Waals surface area contributed by atoms with Crippen molar-refractivity contribution in [1.82, 2.24) is 29.9 Å². The van der Waals surface area contributed by atoms with E-state index in [9.17, 15) is 18.0 Å². The van der Waals surface area contributed by atoms with Gasteiger partial charge in [-0.2, -0.15) is 18.2 Å². The van der Waals surface area contributed by atoms with Crippen LogP contribution in [0.1, 0.15) is 42.4 Å². The van der Waals surface area contributed by atoms with Crippen molar-refractivity contribution < 1.29 is 31.6 Å². The van der Waals surface area contributed by atoms with Crippen LogP contribution in [0.4, 0.5) is 23.2 Å². The standard InChI is InChI=1S/C29H33F4N7O3.Lr/c1-27(30)15-34-10-6-23(27)36-20-4-3-5-21-19(20)12-22(40(21)16-29(31,32)33)25-37-24(43-38-25)13-35-26(41)18-7-11-39(14-18)28(8-9-28)17-42-2;/h3-5,7,11-12,14,23,34,36H,6,8-10,13,15-17H2,1-2H3,(H,35,41);/t23-,27?;/m0./s1. The van der Waals surface area contributed by atoms with Gasteiger partial charge in [0.15, 0.2) is 0 Å². The van der Waals surface area contributed by atoms with Crippen molar-refractivity contribution in [3.05, 3.63) is 54.2 Å². The van der Waals surface area contributed by atoms with Gasteiger partial charge in [0, 0.05) is 37.1 Å². The molecule has 4 aromatic rings. The third-order valence-electron chi connectivity index (χ3n) is 8.26. The minimum atomic E-state index is -4.53. The Morgan fingerprint density at radius 1 is 1.27 bits per heavy atom. The number of hydrogen-bond acceptors (Lipinski definition) is 7. The quantitative estimate of drug-likeness (QED) is 0.200. The molecule has 0 spiro atoms. The number of fused-ring (bicyclic) bond motifs is 1. The van der Waals surface area contributed by atoms with Gasteiger partial charge >= 0.3 is 6.18 Å². The van der Waals surface area contributed by atoms with Crippen molar-refractivity contribution in [1.29, 1.82) is 0 Å². The van der Waals surface area contributed by atoms with E-state index in [4.69, 9.17) is 9.26 Å². The number of nitrogens with zero attached hydrogens (tertiary/aromatic N) is 4. The molecule has 1 aromatic carbocycles. The van der Waals surface area contributed by atoms with Gasteiger partial charge in [-0.3, -0.25) is 4.79 Å². The van der Waals surface area contributed by atoms with Crippen molar-refractivity contribution in [2.75, 3.05) is 32.1 Å². The fourth-order valence-electron chi connectivity index (χ4n) is 5.76. The molecule has 2 fully saturated rings. The van der Waals surface area contributed by atoms with Crippen molar-refractivity contribution in [2.24, 2.45) is 0 Å². The van der Waals surface area contributed by atoms with Gasteiger partial charge in [0.1, 0.15) is 12.2 Å². The van der Waals surface area contributed by atoms with E-state index in [0.29, 0.717) is 36.2 Å². The summed E-state index contributed by atoms with van der Waals surface area (Å²) in [5.74, 6) is -0.383. The maximum absolute atomic E-state index is 15.2. The molecule has 1 radical (unpaired) electrons. The number of anilines is 1. The molecule has 4 heterocycles. The first-order chi connectivity index (χ1) is 20.5. The molecule has 44 heavy (non-hydrogen) atoms. The van der Waals surface area contributed by atoms with Crippen LogP contribution in [-0.2, 0) is 23.4 Å². The van der Waals surface area contributed by atoms with Gasteiger partial charge in [-0.15, -0.1) is 0 Å². The van der Waals surface area contributed by atoms with Crippen LogP contribution in [0, 0.1) is 0 Å². The van der Waals surface area contributed by atoms with Crippen LogP contribution in [-0.4, -0.2) is 69.9 Å². The first-order valence-electron chi connectivity index (χ1n) is 14.1. The van der Waals surface area contributed by atoms with Crippen molar-refractivity contribution in [3.8, 4) is 11.5 Å². The van der Waals surface area contributed by atoms with E-state index in [0.717, 1.165) is 17.4 Å². The van der Waals surface area contributed by atoms with Crippen LogP contribution in [0.25, 0.3) is 22.4 Å². The first-order valence-corrected chi connectivity index (χ1v) is 14.1. The number of piperidine rings is 1. The Bertz CT molecular complexity index is 1630. The average Bonchev–Trinajstić information content (AvgIpc) is 3.30. The summed E-state index contributed by atoms with van der Waals surface area (Å²) < 4.78 is 69.9. The monoisotopic (exact) mass is 865 g/mol. The summed E-state index contributed by atoms with van der Waals surface area (Å²) in [5, 5.41) is 13.4. The maximum atomic E-state index is 15.2. The van der Waals surface area contributed by atoms with E-state index in [-0.39, 0.29) is 47.5 Å². The Labute approximate surface area is 244 Å². The fraction of sp³-hybridized carbons (Fsp3) is 0.483. The minimum absolute atomic E-state index is 0. The molecule has 3 aromatic heterocycles. The SMILES string of the molecule is COCC1(n2ccc(C(=O)NCc3nc(-c4cc5c(N[C@H]6CCNCC6(C)F)cccc5n4CC(F)(F)F)no3)c2)CC1.[Lr]. The number of rotatable bonds is 10. The van der Waals surface area contributed by atoms with E-state index in [1.54, 1.807) is 43.6 Å². The number of methoxy groups -OCH3 is 1. The summed E-state index contributed by atoms with van der Waals surface area (Å²) >= 11 is 0. The number of halogens is 4. The molecule has 1 unspecified atom stereocenters.